The van der Waals surface area contributed by atoms with Gasteiger partial charge in [-0.3, -0.25) is 0 Å². The minimum atomic E-state index is 0.336. The first kappa shape index (κ1) is 11.7. The van der Waals surface area contributed by atoms with Gasteiger partial charge < -0.3 is 10.5 Å². The largest absolute Gasteiger partial charge is 0.494 e. The molecule has 0 saturated carbocycles. The fourth-order valence-electron chi connectivity index (χ4n) is 1.49. The zero-order valence-corrected chi connectivity index (χ0v) is 10.1. The molecule has 4 nitrogen and oxygen atoms in total. The molecule has 2 aromatic rings. The average Bonchev–Trinajstić information content (AvgIpc) is 2.34. The average molecular weight is 250 g/mol. The van der Waals surface area contributed by atoms with Gasteiger partial charge in [-0.15, -0.1) is 10.2 Å². The first-order valence-corrected chi connectivity index (χ1v) is 5.60. The fraction of sp³-hybridized carbons (Fsp3) is 0.167. The number of benzene rings is 1. The quantitative estimate of drug-likeness (QED) is 0.909. The second-order valence-electron chi connectivity index (χ2n) is 3.43. The van der Waals surface area contributed by atoms with Crippen LogP contribution < -0.4 is 10.5 Å². The molecule has 0 atom stereocenters. The monoisotopic (exact) mass is 249 g/mol. The van der Waals surface area contributed by atoms with E-state index >= 15 is 0 Å². The molecular formula is C12H12ClN3O. The van der Waals surface area contributed by atoms with E-state index in [2.05, 4.69) is 10.2 Å². The van der Waals surface area contributed by atoms with Crippen molar-refractivity contribution in [3.05, 3.63) is 35.5 Å². The van der Waals surface area contributed by atoms with Crippen molar-refractivity contribution in [1.29, 1.82) is 0 Å². The number of hydrogen-bond acceptors (Lipinski definition) is 4. The van der Waals surface area contributed by atoms with Crippen LogP contribution in [0.4, 0.5) is 5.82 Å². The van der Waals surface area contributed by atoms with Crippen molar-refractivity contribution >= 4 is 17.4 Å². The predicted molar refractivity (Wildman–Crippen MR) is 68.1 cm³/mol. The van der Waals surface area contributed by atoms with Gasteiger partial charge in [0.25, 0.3) is 0 Å². The highest BCUT2D eigenvalue weighted by Gasteiger charge is 2.06. The summed E-state index contributed by atoms with van der Waals surface area (Å²) in [6.07, 6.45) is 0. The molecule has 0 aliphatic carbocycles. The lowest BCUT2D eigenvalue weighted by Crippen LogP contribution is -1.95. The Kier molecular flexibility index (Phi) is 3.44. The highest BCUT2D eigenvalue weighted by atomic mass is 35.5. The van der Waals surface area contributed by atoms with E-state index in [1.165, 1.54) is 0 Å². The minimum Gasteiger partial charge on any atom is -0.494 e. The lowest BCUT2D eigenvalue weighted by atomic mass is 10.1. The van der Waals surface area contributed by atoms with Crippen LogP contribution in [-0.2, 0) is 0 Å². The van der Waals surface area contributed by atoms with Gasteiger partial charge in [0.2, 0.25) is 0 Å². The summed E-state index contributed by atoms with van der Waals surface area (Å²) in [4.78, 5) is 0. The van der Waals surface area contributed by atoms with Crippen molar-refractivity contribution in [2.75, 3.05) is 12.3 Å². The summed E-state index contributed by atoms with van der Waals surface area (Å²) < 4.78 is 5.37. The van der Waals surface area contributed by atoms with Gasteiger partial charge in [-0.1, -0.05) is 23.7 Å². The number of aromatic nitrogens is 2. The third-order valence-corrected chi connectivity index (χ3v) is 2.52. The van der Waals surface area contributed by atoms with Crippen molar-refractivity contribution in [2.24, 2.45) is 0 Å². The van der Waals surface area contributed by atoms with Gasteiger partial charge in [0.05, 0.1) is 6.61 Å². The normalized spacial score (nSPS) is 10.2. The van der Waals surface area contributed by atoms with E-state index in [1.54, 1.807) is 6.07 Å². The number of nitrogens with two attached hydrogens (primary N) is 1. The molecule has 0 unspecified atom stereocenters. The molecule has 88 valence electrons. The first-order valence-electron chi connectivity index (χ1n) is 5.22. The zero-order chi connectivity index (χ0) is 12.3. The van der Waals surface area contributed by atoms with Crippen LogP contribution in [0.2, 0.25) is 5.15 Å². The second kappa shape index (κ2) is 5.01. The number of hydrogen-bond donors (Lipinski definition) is 1. The van der Waals surface area contributed by atoms with Gasteiger partial charge in [0.1, 0.15) is 11.6 Å². The molecule has 1 aromatic carbocycles. The van der Waals surface area contributed by atoms with Gasteiger partial charge in [-0.05, 0) is 30.7 Å². The molecular weight excluding hydrogens is 238 g/mol. The smallest absolute Gasteiger partial charge is 0.159 e. The van der Waals surface area contributed by atoms with Crippen LogP contribution in [0.3, 0.4) is 0 Å². The second-order valence-corrected chi connectivity index (χ2v) is 3.79. The van der Waals surface area contributed by atoms with Crippen LogP contribution in [0.15, 0.2) is 30.3 Å². The summed E-state index contributed by atoms with van der Waals surface area (Å²) >= 11 is 5.97. The highest BCUT2D eigenvalue weighted by molar-refractivity contribution is 6.32. The first-order chi connectivity index (χ1) is 8.20. The van der Waals surface area contributed by atoms with Gasteiger partial charge >= 0.3 is 0 Å². The van der Waals surface area contributed by atoms with E-state index in [9.17, 15) is 0 Å². The lowest BCUT2D eigenvalue weighted by Gasteiger charge is -2.06. The molecule has 0 spiro atoms. The molecule has 2 N–H and O–H groups in total. The van der Waals surface area contributed by atoms with Crippen LogP contribution in [0.1, 0.15) is 6.92 Å². The van der Waals surface area contributed by atoms with Crippen molar-refractivity contribution in [3.8, 4) is 16.9 Å². The van der Waals surface area contributed by atoms with E-state index in [1.807, 2.05) is 31.2 Å². The van der Waals surface area contributed by atoms with Crippen LogP contribution in [0.25, 0.3) is 11.1 Å². The van der Waals surface area contributed by atoms with E-state index in [0.717, 1.165) is 16.9 Å². The van der Waals surface area contributed by atoms with Crippen molar-refractivity contribution in [2.45, 2.75) is 6.92 Å². The Morgan fingerprint density at radius 2 is 1.94 bits per heavy atom. The van der Waals surface area contributed by atoms with E-state index < -0.39 is 0 Å². The Morgan fingerprint density at radius 1 is 1.24 bits per heavy atom. The maximum atomic E-state index is 5.97. The van der Waals surface area contributed by atoms with Crippen molar-refractivity contribution in [3.63, 3.8) is 0 Å². The summed E-state index contributed by atoms with van der Waals surface area (Å²) in [6, 6.07) is 9.28. The van der Waals surface area contributed by atoms with E-state index in [-0.39, 0.29) is 0 Å². The number of halogens is 1. The van der Waals surface area contributed by atoms with Crippen molar-refractivity contribution < 1.29 is 4.74 Å². The molecule has 5 heteroatoms. The summed E-state index contributed by atoms with van der Waals surface area (Å²) in [5.41, 5.74) is 7.28. The summed E-state index contributed by atoms with van der Waals surface area (Å²) in [6.45, 7) is 2.59. The Balaban J connectivity index is 2.36. The Bertz CT molecular complexity index is 514. The molecule has 2 rings (SSSR count). The predicted octanol–water partition coefficient (Wildman–Crippen LogP) is 2.78. The molecule has 0 bridgehead atoms. The maximum absolute atomic E-state index is 5.97. The van der Waals surface area contributed by atoms with Crippen molar-refractivity contribution in [1.82, 2.24) is 10.2 Å². The summed E-state index contributed by atoms with van der Waals surface area (Å²) in [7, 11) is 0. The Hall–Kier alpha value is -1.81. The van der Waals surface area contributed by atoms with Gasteiger partial charge in [0.15, 0.2) is 5.15 Å². The fourth-order valence-corrected chi connectivity index (χ4v) is 1.69. The van der Waals surface area contributed by atoms with Crippen LogP contribution in [0.5, 0.6) is 5.75 Å². The molecule has 17 heavy (non-hydrogen) atoms. The SMILES string of the molecule is CCOc1ccc(-c2cc(N)nnc2Cl)cc1. The number of anilines is 1. The zero-order valence-electron chi connectivity index (χ0n) is 9.35. The standard InChI is InChI=1S/C12H12ClN3O/c1-2-17-9-5-3-8(4-6-9)10-7-11(14)15-16-12(10)13/h3-7H,2H2,1H3,(H2,14,15). The summed E-state index contributed by atoms with van der Waals surface area (Å²) in [5, 5.41) is 7.79. The molecule has 0 fully saturated rings. The molecule has 0 aliphatic rings. The number of nitrogens with zero attached hydrogens (tertiary/aromatic N) is 2. The molecule has 0 saturated heterocycles. The van der Waals surface area contributed by atoms with Gasteiger partial charge in [0, 0.05) is 5.56 Å². The molecule has 1 heterocycles. The number of rotatable bonds is 3. The third kappa shape index (κ3) is 2.65. The van der Waals surface area contributed by atoms with Crippen LogP contribution in [-0.4, -0.2) is 16.8 Å². The van der Waals surface area contributed by atoms with Gasteiger partial charge in [-0.2, -0.15) is 0 Å². The molecule has 1 aromatic heterocycles. The Morgan fingerprint density at radius 3 is 2.59 bits per heavy atom. The lowest BCUT2D eigenvalue weighted by molar-refractivity contribution is 0.340. The number of ether oxygens (including phenoxy) is 1. The Labute approximate surface area is 104 Å². The van der Waals surface area contributed by atoms with Crippen LogP contribution >= 0.6 is 11.6 Å². The third-order valence-electron chi connectivity index (χ3n) is 2.24. The molecule has 0 amide bonds. The maximum Gasteiger partial charge on any atom is 0.159 e. The highest BCUT2D eigenvalue weighted by Crippen LogP contribution is 2.28. The van der Waals surface area contributed by atoms with Gasteiger partial charge in [-0.25, -0.2) is 0 Å². The van der Waals surface area contributed by atoms with E-state index in [0.29, 0.717) is 17.6 Å². The topological polar surface area (TPSA) is 61.0 Å². The van der Waals surface area contributed by atoms with E-state index in [4.69, 9.17) is 22.1 Å². The number of nitrogen functional groups attached to an aromatic ring is 1. The summed E-state index contributed by atoms with van der Waals surface area (Å²) in [5.74, 6) is 1.17. The van der Waals surface area contributed by atoms with Crippen LogP contribution in [0, 0.1) is 0 Å². The molecule has 0 radical (unpaired) electrons. The minimum absolute atomic E-state index is 0.336. The molecule has 0 aliphatic heterocycles.